The molecule has 0 radical (unpaired) electrons. The van der Waals surface area contributed by atoms with Gasteiger partial charge in [-0.1, -0.05) is 17.8 Å². The smallest absolute Gasteiger partial charge is 0.330 e. The highest BCUT2D eigenvalue weighted by atomic mass is 32.2. The maximum atomic E-state index is 12.9. The first-order valence-corrected chi connectivity index (χ1v) is 12.3. The van der Waals surface area contributed by atoms with Crippen LogP contribution in [0.1, 0.15) is 42.1 Å². The molecule has 3 N–H and O–H groups in total. The molecule has 5 rings (SSSR count). The molecule has 10 nitrogen and oxygen atoms in total. The van der Waals surface area contributed by atoms with E-state index in [0.717, 1.165) is 43.0 Å². The normalized spacial score (nSPS) is 18.3. The first-order chi connectivity index (χ1) is 15.5. The van der Waals surface area contributed by atoms with Crippen molar-refractivity contribution in [3.05, 3.63) is 43.9 Å². The van der Waals surface area contributed by atoms with Gasteiger partial charge in [0.25, 0.3) is 5.56 Å². The van der Waals surface area contributed by atoms with E-state index in [1.807, 2.05) is 22.1 Å². The summed E-state index contributed by atoms with van der Waals surface area (Å²) >= 11 is 2.76. The minimum absolute atomic E-state index is 0.0513. The number of aromatic amines is 1. The Morgan fingerprint density at radius 1 is 1.31 bits per heavy atom. The summed E-state index contributed by atoms with van der Waals surface area (Å²) in [5.41, 5.74) is 4.57. The highest BCUT2D eigenvalue weighted by Crippen LogP contribution is 2.35. The van der Waals surface area contributed by atoms with Gasteiger partial charge in [-0.2, -0.15) is 0 Å². The van der Waals surface area contributed by atoms with E-state index in [2.05, 4.69) is 15.2 Å². The van der Waals surface area contributed by atoms with Crippen molar-refractivity contribution in [3.8, 4) is 10.7 Å². The van der Waals surface area contributed by atoms with Crippen molar-refractivity contribution >= 4 is 34.7 Å². The molecule has 12 heteroatoms. The number of thiophene rings is 1. The number of H-pyrrole nitrogens is 1. The van der Waals surface area contributed by atoms with Crippen molar-refractivity contribution in [2.75, 3.05) is 18.1 Å². The number of thioether (sulfide) groups is 1. The van der Waals surface area contributed by atoms with Crippen molar-refractivity contribution in [2.24, 2.45) is 0 Å². The van der Waals surface area contributed by atoms with Gasteiger partial charge in [0.1, 0.15) is 11.4 Å². The van der Waals surface area contributed by atoms with E-state index < -0.39 is 17.0 Å². The molecule has 1 saturated carbocycles. The fraction of sp³-hybridized carbons (Fsp3) is 0.450. The van der Waals surface area contributed by atoms with Gasteiger partial charge < -0.3 is 10.5 Å². The van der Waals surface area contributed by atoms with E-state index in [1.54, 1.807) is 11.3 Å². The molecule has 0 bridgehead atoms. The molecule has 3 aromatic rings. The molecule has 0 unspecified atom stereocenters. The highest BCUT2D eigenvalue weighted by molar-refractivity contribution is 7.99. The number of ketones is 1. The first kappa shape index (κ1) is 21.2. The van der Waals surface area contributed by atoms with Crippen LogP contribution in [-0.2, 0) is 11.3 Å². The number of nitrogens with one attached hydrogen (secondary N) is 1. The van der Waals surface area contributed by atoms with Crippen LogP contribution in [-0.4, -0.2) is 48.6 Å². The van der Waals surface area contributed by atoms with Crippen LogP contribution in [0.2, 0.25) is 0 Å². The average Bonchev–Trinajstić information content (AvgIpc) is 3.14. The number of nitrogen functional groups attached to an aromatic ring is 1. The molecule has 1 aliphatic heterocycles. The third kappa shape index (κ3) is 4.05. The topological polar surface area (TPSA) is 138 Å². The molecule has 1 atom stereocenters. The van der Waals surface area contributed by atoms with Gasteiger partial charge in [0.05, 0.1) is 23.3 Å². The number of anilines is 1. The van der Waals surface area contributed by atoms with E-state index in [4.69, 9.17) is 10.5 Å². The minimum atomic E-state index is -0.755. The lowest BCUT2D eigenvalue weighted by Crippen LogP contribution is -2.36. The fourth-order valence-corrected chi connectivity index (χ4v) is 5.41. The van der Waals surface area contributed by atoms with Crippen molar-refractivity contribution in [2.45, 2.75) is 49.5 Å². The second kappa shape index (κ2) is 8.68. The van der Waals surface area contributed by atoms with Crippen molar-refractivity contribution in [3.63, 3.8) is 0 Å². The Bertz CT molecular complexity index is 1250. The predicted octanol–water partition coefficient (Wildman–Crippen LogP) is 1.93. The molecule has 3 aromatic heterocycles. The average molecular weight is 475 g/mol. The molecule has 1 saturated heterocycles. The molecule has 0 amide bonds. The van der Waals surface area contributed by atoms with Crippen LogP contribution in [0.4, 0.5) is 5.82 Å². The van der Waals surface area contributed by atoms with Crippen LogP contribution in [0.3, 0.4) is 0 Å². The Hall–Kier alpha value is -2.70. The quantitative estimate of drug-likeness (QED) is 0.373. The summed E-state index contributed by atoms with van der Waals surface area (Å²) in [6, 6.07) is 3.87. The van der Waals surface area contributed by atoms with E-state index in [1.165, 1.54) is 16.3 Å². The number of carbonyl (C=O) groups is 1. The molecule has 168 valence electrons. The van der Waals surface area contributed by atoms with E-state index in [-0.39, 0.29) is 29.3 Å². The van der Waals surface area contributed by atoms with Crippen molar-refractivity contribution < 1.29 is 9.53 Å². The van der Waals surface area contributed by atoms with Crippen LogP contribution in [0.25, 0.3) is 10.7 Å². The van der Waals surface area contributed by atoms with Crippen LogP contribution in [0, 0.1) is 0 Å². The van der Waals surface area contributed by atoms with E-state index >= 15 is 0 Å². The van der Waals surface area contributed by atoms with Gasteiger partial charge in [-0.25, -0.2) is 4.79 Å². The summed E-state index contributed by atoms with van der Waals surface area (Å²) in [5, 5.41) is 11.2. The summed E-state index contributed by atoms with van der Waals surface area (Å²) in [7, 11) is 0. The lowest BCUT2D eigenvalue weighted by atomic mass is 10.2. The number of nitrogens with two attached hydrogens (primary N) is 1. The number of carbonyl (C=O) groups excluding carboxylic acids is 1. The molecular weight excluding hydrogens is 452 g/mol. The number of Topliss-reactive ketones (excluding diaryl/α,β-unsaturated/α-hetero) is 1. The van der Waals surface area contributed by atoms with Crippen LogP contribution >= 0.6 is 23.1 Å². The van der Waals surface area contributed by atoms with E-state index in [9.17, 15) is 14.4 Å². The fourth-order valence-electron chi connectivity index (χ4n) is 3.87. The van der Waals surface area contributed by atoms with Crippen molar-refractivity contribution in [1.82, 2.24) is 24.3 Å². The van der Waals surface area contributed by atoms with E-state index in [0.29, 0.717) is 11.7 Å². The number of ether oxygens (including phenoxy) is 1. The number of hydrogen-bond acceptors (Lipinski definition) is 9. The number of aromatic nitrogens is 5. The van der Waals surface area contributed by atoms with Crippen LogP contribution < -0.4 is 17.0 Å². The van der Waals surface area contributed by atoms with Gasteiger partial charge in [-0.05, 0) is 37.1 Å². The predicted molar refractivity (Wildman–Crippen MR) is 121 cm³/mol. The lowest BCUT2D eigenvalue weighted by molar-refractivity contribution is 0.0953. The lowest BCUT2D eigenvalue weighted by Gasteiger charge is -2.14. The second-order valence-electron chi connectivity index (χ2n) is 7.86. The molecule has 4 heterocycles. The largest absolute Gasteiger partial charge is 0.384 e. The van der Waals surface area contributed by atoms with Gasteiger partial charge in [0.2, 0.25) is 0 Å². The van der Waals surface area contributed by atoms with Gasteiger partial charge in [-0.15, -0.1) is 21.5 Å². The van der Waals surface area contributed by atoms with Gasteiger partial charge in [-0.3, -0.25) is 23.7 Å². The van der Waals surface area contributed by atoms with Gasteiger partial charge >= 0.3 is 5.69 Å². The number of rotatable bonds is 8. The molecular formula is C20H22N6O4S2. The second-order valence-corrected chi connectivity index (χ2v) is 9.75. The Morgan fingerprint density at radius 3 is 2.84 bits per heavy atom. The molecule has 1 aliphatic carbocycles. The zero-order chi connectivity index (χ0) is 22.2. The summed E-state index contributed by atoms with van der Waals surface area (Å²) in [5.74, 6) is 0.161. The third-order valence-corrected chi connectivity index (χ3v) is 7.41. The van der Waals surface area contributed by atoms with Gasteiger partial charge in [0.15, 0.2) is 16.8 Å². The Morgan fingerprint density at radius 2 is 2.16 bits per heavy atom. The maximum Gasteiger partial charge on any atom is 0.330 e. The van der Waals surface area contributed by atoms with Crippen LogP contribution in [0.15, 0.2) is 32.3 Å². The molecule has 0 aromatic carbocycles. The molecule has 2 aliphatic rings. The monoisotopic (exact) mass is 474 g/mol. The zero-order valence-electron chi connectivity index (χ0n) is 17.2. The Labute approximate surface area is 190 Å². The van der Waals surface area contributed by atoms with Crippen LogP contribution in [0.5, 0.6) is 0 Å². The molecule has 32 heavy (non-hydrogen) atoms. The number of hydrogen-bond donors (Lipinski definition) is 2. The molecule has 2 fully saturated rings. The zero-order valence-corrected chi connectivity index (χ0v) is 18.8. The Kier molecular flexibility index (Phi) is 5.74. The SMILES string of the molecule is Nc1c(C(=O)CSc2nnc(-c3cccs3)n2C[C@@H]2CCCO2)c(=O)[nH]c(=O)n1C1CC1. The Balaban J connectivity index is 1.40. The molecule has 0 spiro atoms. The summed E-state index contributed by atoms with van der Waals surface area (Å²) in [4.78, 5) is 40.6. The minimum Gasteiger partial charge on any atom is -0.384 e. The summed E-state index contributed by atoms with van der Waals surface area (Å²) < 4.78 is 9.07. The van der Waals surface area contributed by atoms with Gasteiger partial charge in [0, 0.05) is 12.6 Å². The maximum absolute atomic E-state index is 12.9. The highest BCUT2D eigenvalue weighted by Gasteiger charge is 2.30. The number of nitrogens with zero attached hydrogens (tertiary/aromatic N) is 4. The van der Waals surface area contributed by atoms with Crippen molar-refractivity contribution in [1.29, 1.82) is 0 Å². The third-order valence-electron chi connectivity index (χ3n) is 5.57. The summed E-state index contributed by atoms with van der Waals surface area (Å²) in [6.45, 7) is 1.33. The first-order valence-electron chi connectivity index (χ1n) is 10.4. The summed E-state index contributed by atoms with van der Waals surface area (Å²) in [6.07, 6.45) is 3.65. The standard InChI is InChI=1S/C20H22N6O4S2/c21-16-15(18(28)22-19(29)26(16)11-5-6-11)13(27)10-32-20-24-23-17(14-4-2-8-31-14)25(20)9-12-3-1-7-30-12/h2,4,8,11-12H,1,3,5-7,9-10,21H2,(H,22,28,29)/t12-/m0/s1.